The van der Waals surface area contributed by atoms with Crippen molar-refractivity contribution in [1.29, 1.82) is 0 Å². The highest BCUT2D eigenvalue weighted by Crippen LogP contribution is 2.16. The summed E-state index contributed by atoms with van der Waals surface area (Å²) in [5, 5.41) is 0. The Kier molecular flexibility index (Phi) is 3.78. The third-order valence-corrected chi connectivity index (χ3v) is 2.79. The van der Waals surface area contributed by atoms with Crippen LogP contribution in [0.15, 0.2) is 65.1 Å². The largest absolute Gasteiger partial charge is 0.311 e. The Morgan fingerprint density at radius 1 is 1.06 bits per heavy atom. The van der Waals surface area contributed by atoms with Gasteiger partial charge in [-0.05, 0) is 31.0 Å². The molecule has 2 nitrogen and oxygen atoms in total. The van der Waals surface area contributed by atoms with Gasteiger partial charge in [0.05, 0.1) is 0 Å². The van der Waals surface area contributed by atoms with Gasteiger partial charge in [0.15, 0.2) is 0 Å². The number of hydrogen-bond donors (Lipinski definition) is 0. The maximum absolute atomic E-state index is 11.7. The SMILES string of the molecule is CC(C)=CCn1cc(-c2ccccc2)ccc1=O. The van der Waals surface area contributed by atoms with Crippen LogP contribution in [0.3, 0.4) is 0 Å². The summed E-state index contributed by atoms with van der Waals surface area (Å²) >= 11 is 0. The molecule has 18 heavy (non-hydrogen) atoms. The van der Waals surface area contributed by atoms with Crippen molar-refractivity contribution < 1.29 is 0 Å². The van der Waals surface area contributed by atoms with Crippen molar-refractivity contribution in [3.63, 3.8) is 0 Å². The van der Waals surface area contributed by atoms with Crippen LogP contribution in [-0.4, -0.2) is 4.57 Å². The first-order valence-electron chi connectivity index (χ1n) is 6.06. The Labute approximate surface area is 107 Å². The van der Waals surface area contributed by atoms with Crippen LogP contribution < -0.4 is 5.56 Å². The molecule has 92 valence electrons. The molecule has 0 N–H and O–H groups in total. The van der Waals surface area contributed by atoms with Gasteiger partial charge >= 0.3 is 0 Å². The zero-order chi connectivity index (χ0) is 13.0. The number of aromatic nitrogens is 1. The minimum absolute atomic E-state index is 0.0344. The molecule has 1 aromatic heterocycles. The molecular formula is C16H17NO. The zero-order valence-electron chi connectivity index (χ0n) is 10.8. The summed E-state index contributed by atoms with van der Waals surface area (Å²) < 4.78 is 1.73. The van der Waals surface area contributed by atoms with E-state index in [4.69, 9.17) is 0 Å². The lowest BCUT2D eigenvalue weighted by Crippen LogP contribution is -2.17. The van der Waals surface area contributed by atoms with E-state index in [-0.39, 0.29) is 5.56 Å². The van der Waals surface area contributed by atoms with E-state index >= 15 is 0 Å². The van der Waals surface area contributed by atoms with Gasteiger partial charge in [-0.1, -0.05) is 42.0 Å². The van der Waals surface area contributed by atoms with Gasteiger partial charge in [0.25, 0.3) is 5.56 Å². The second kappa shape index (κ2) is 5.50. The van der Waals surface area contributed by atoms with Gasteiger partial charge in [-0.2, -0.15) is 0 Å². The van der Waals surface area contributed by atoms with E-state index in [1.54, 1.807) is 10.6 Å². The number of hydrogen-bond acceptors (Lipinski definition) is 1. The molecule has 0 bridgehead atoms. The minimum Gasteiger partial charge on any atom is -0.311 e. The molecule has 2 aromatic rings. The van der Waals surface area contributed by atoms with Crippen molar-refractivity contribution in [3.05, 3.63) is 70.7 Å². The molecule has 2 heteroatoms. The fraction of sp³-hybridized carbons (Fsp3) is 0.188. The molecule has 0 saturated heterocycles. The van der Waals surface area contributed by atoms with Crippen molar-refractivity contribution in [2.45, 2.75) is 20.4 Å². The van der Waals surface area contributed by atoms with E-state index in [1.807, 2.05) is 56.4 Å². The van der Waals surface area contributed by atoms with Crippen molar-refractivity contribution in [2.24, 2.45) is 0 Å². The molecule has 1 heterocycles. The van der Waals surface area contributed by atoms with Crippen molar-refractivity contribution in [2.75, 3.05) is 0 Å². The van der Waals surface area contributed by atoms with Crippen LogP contribution in [-0.2, 0) is 6.54 Å². The molecule has 1 aromatic carbocycles. The highest BCUT2D eigenvalue weighted by molar-refractivity contribution is 5.61. The fourth-order valence-electron chi connectivity index (χ4n) is 1.76. The first-order chi connectivity index (χ1) is 8.66. The molecular weight excluding hydrogens is 222 g/mol. The Morgan fingerprint density at radius 2 is 1.78 bits per heavy atom. The lowest BCUT2D eigenvalue weighted by Gasteiger charge is -2.06. The average Bonchev–Trinajstić information content (AvgIpc) is 2.38. The van der Waals surface area contributed by atoms with Gasteiger partial charge < -0.3 is 4.57 Å². The molecule has 0 amide bonds. The topological polar surface area (TPSA) is 22.0 Å². The minimum atomic E-state index is 0.0344. The molecule has 0 aliphatic carbocycles. The van der Waals surface area contributed by atoms with Gasteiger partial charge in [-0.15, -0.1) is 0 Å². The van der Waals surface area contributed by atoms with E-state index in [9.17, 15) is 4.79 Å². The van der Waals surface area contributed by atoms with Gasteiger partial charge in [0.2, 0.25) is 0 Å². The van der Waals surface area contributed by atoms with E-state index in [0.29, 0.717) is 6.54 Å². The van der Waals surface area contributed by atoms with E-state index in [1.165, 1.54) is 5.57 Å². The Hall–Kier alpha value is -2.09. The first kappa shape index (κ1) is 12.4. The van der Waals surface area contributed by atoms with Crippen LogP contribution in [0.25, 0.3) is 11.1 Å². The lowest BCUT2D eigenvalue weighted by atomic mass is 10.1. The van der Waals surface area contributed by atoms with Crippen LogP contribution >= 0.6 is 0 Å². The average molecular weight is 239 g/mol. The van der Waals surface area contributed by atoms with E-state index in [2.05, 4.69) is 6.08 Å². The van der Waals surface area contributed by atoms with Gasteiger partial charge in [-0.3, -0.25) is 4.79 Å². The number of benzene rings is 1. The van der Waals surface area contributed by atoms with E-state index in [0.717, 1.165) is 11.1 Å². The van der Waals surface area contributed by atoms with Crippen molar-refractivity contribution >= 4 is 0 Å². The van der Waals surface area contributed by atoms with Crippen LogP contribution in [0.4, 0.5) is 0 Å². The van der Waals surface area contributed by atoms with E-state index < -0.39 is 0 Å². The molecule has 0 spiro atoms. The van der Waals surface area contributed by atoms with Gasteiger partial charge in [-0.25, -0.2) is 0 Å². The number of rotatable bonds is 3. The normalized spacial score (nSPS) is 10.1. The quantitative estimate of drug-likeness (QED) is 0.752. The third-order valence-electron chi connectivity index (χ3n) is 2.79. The zero-order valence-corrected chi connectivity index (χ0v) is 10.8. The summed E-state index contributed by atoms with van der Waals surface area (Å²) in [7, 11) is 0. The fourth-order valence-corrected chi connectivity index (χ4v) is 1.76. The smallest absolute Gasteiger partial charge is 0.250 e. The highest BCUT2D eigenvalue weighted by atomic mass is 16.1. The van der Waals surface area contributed by atoms with Crippen LogP contribution in [0.5, 0.6) is 0 Å². The van der Waals surface area contributed by atoms with Crippen molar-refractivity contribution in [3.8, 4) is 11.1 Å². The van der Waals surface area contributed by atoms with Crippen LogP contribution in [0, 0.1) is 0 Å². The predicted octanol–water partition coefficient (Wildman–Crippen LogP) is 3.48. The highest BCUT2D eigenvalue weighted by Gasteiger charge is 1.99. The standard InChI is InChI=1S/C16H17NO/c1-13(2)10-11-17-12-15(8-9-16(17)18)14-6-4-3-5-7-14/h3-10,12H,11H2,1-2H3. The first-order valence-corrected chi connectivity index (χ1v) is 6.06. The molecule has 0 radical (unpaired) electrons. The molecule has 0 aliphatic heterocycles. The summed E-state index contributed by atoms with van der Waals surface area (Å²) in [6.45, 7) is 4.69. The molecule has 2 rings (SSSR count). The molecule has 0 atom stereocenters. The van der Waals surface area contributed by atoms with Crippen LogP contribution in [0.1, 0.15) is 13.8 Å². The summed E-state index contributed by atoms with van der Waals surface area (Å²) in [5.41, 5.74) is 3.44. The number of pyridine rings is 1. The maximum atomic E-state index is 11.7. The summed E-state index contributed by atoms with van der Waals surface area (Å²) in [5.74, 6) is 0. The Balaban J connectivity index is 2.38. The summed E-state index contributed by atoms with van der Waals surface area (Å²) in [6.07, 6.45) is 3.97. The maximum Gasteiger partial charge on any atom is 0.250 e. The Morgan fingerprint density at radius 3 is 2.44 bits per heavy atom. The van der Waals surface area contributed by atoms with Gasteiger partial charge in [0, 0.05) is 18.8 Å². The molecule has 0 aliphatic rings. The number of allylic oxidation sites excluding steroid dienone is 2. The third kappa shape index (κ3) is 2.98. The van der Waals surface area contributed by atoms with Gasteiger partial charge in [0.1, 0.15) is 0 Å². The second-order valence-electron chi connectivity index (χ2n) is 4.56. The van der Waals surface area contributed by atoms with Crippen LogP contribution in [0.2, 0.25) is 0 Å². The predicted molar refractivity (Wildman–Crippen MR) is 75.6 cm³/mol. The monoisotopic (exact) mass is 239 g/mol. The lowest BCUT2D eigenvalue weighted by molar-refractivity contribution is 0.776. The molecule has 0 unspecified atom stereocenters. The molecule has 0 fully saturated rings. The van der Waals surface area contributed by atoms with Crippen molar-refractivity contribution in [1.82, 2.24) is 4.57 Å². The molecule has 0 saturated carbocycles. The number of nitrogens with zero attached hydrogens (tertiary/aromatic N) is 1. The Bertz CT molecular complexity index is 604. The summed E-state index contributed by atoms with van der Waals surface area (Å²) in [4.78, 5) is 11.7. The second-order valence-corrected chi connectivity index (χ2v) is 4.56. The summed E-state index contributed by atoms with van der Waals surface area (Å²) in [6, 6.07) is 13.6.